The van der Waals surface area contributed by atoms with Crippen LogP contribution < -0.4 is 15.6 Å². The fourth-order valence-corrected chi connectivity index (χ4v) is 3.15. The number of hydrogen-bond acceptors (Lipinski definition) is 5. The standard InChI is InChI=1S/C22H29N5O3/c1-13(2)12-30-19-9-17(25-27(21(19)29)22(4,5)6)16-11-26(7)18-10-23-20(8-15(16)18)24-14(3)28/h8-11,13H,12H2,1-7H3,(H,23,24,28). The van der Waals surface area contributed by atoms with E-state index in [0.717, 1.165) is 16.5 Å². The van der Waals surface area contributed by atoms with Gasteiger partial charge in [0.25, 0.3) is 0 Å². The molecule has 0 atom stereocenters. The van der Waals surface area contributed by atoms with E-state index in [2.05, 4.69) is 15.4 Å². The van der Waals surface area contributed by atoms with Crippen molar-refractivity contribution in [3.63, 3.8) is 0 Å². The Morgan fingerprint density at radius 2 is 1.97 bits per heavy atom. The lowest BCUT2D eigenvalue weighted by molar-refractivity contribution is -0.114. The smallest absolute Gasteiger partial charge is 0.309 e. The molecule has 0 aliphatic rings. The maximum Gasteiger partial charge on any atom is 0.309 e. The largest absolute Gasteiger partial charge is 0.488 e. The van der Waals surface area contributed by atoms with Gasteiger partial charge in [-0.15, -0.1) is 0 Å². The lowest BCUT2D eigenvalue weighted by atomic mass is 10.1. The second-order valence-electron chi connectivity index (χ2n) is 8.91. The third-order valence-electron chi connectivity index (χ3n) is 4.54. The van der Waals surface area contributed by atoms with Crippen LogP contribution in [0.2, 0.25) is 0 Å². The van der Waals surface area contributed by atoms with E-state index in [1.54, 1.807) is 12.3 Å². The highest BCUT2D eigenvalue weighted by Gasteiger charge is 2.22. The number of nitrogens with one attached hydrogen (secondary N) is 1. The second kappa shape index (κ2) is 7.93. The summed E-state index contributed by atoms with van der Waals surface area (Å²) in [6.07, 6.45) is 3.65. The second-order valence-corrected chi connectivity index (χ2v) is 8.91. The predicted octanol–water partition coefficient (Wildman–Crippen LogP) is 3.55. The zero-order chi connectivity index (χ0) is 22.2. The Balaban J connectivity index is 2.23. The maximum atomic E-state index is 13.0. The number of carbonyl (C=O) groups is 1. The first-order valence-electron chi connectivity index (χ1n) is 9.98. The minimum absolute atomic E-state index is 0.192. The summed E-state index contributed by atoms with van der Waals surface area (Å²) in [6.45, 7) is 11.7. The fraction of sp³-hybridized carbons (Fsp3) is 0.455. The van der Waals surface area contributed by atoms with Gasteiger partial charge in [-0.2, -0.15) is 5.10 Å². The lowest BCUT2D eigenvalue weighted by Crippen LogP contribution is -2.37. The highest BCUT2D eigenvalue weighted by Crippen LogP contribution is 2.31. The molecular weight excluding hydrogens is 382 g/mol. The molecule has 1 amide bonds. The monoisotopic (exact) mass is 411 g/mol. The first kappa shape index (κ1) is 21.5. The Morgan fingerprint density at radius 1 is 1.27 bits per heavy atom. The Labute approximate surface area is 175 Å². The summed E-state index contributed by atoms with van der Waals surface area (Å²) in [4.78, 5) is 28.7. The van der Waals surface area contributed by atoms with Gasteiger partial charge in [0.15, 0.2) is 5.75 Å². The van der Waals surface area contributed by atoms with Crippen LogP contribution in [0.3, 0.4) is 0 Å². The Kier molecular flexibility index (Phi) is 5.70. The molecule has 8 heteroatoms. The molecule has 0 spiro atoms. The van der Waals surface area contributed by atoms with Gasteiger partial charge >= 0.3 is 5.56 Å². The maximum absolute atomic E-state index is 13.0. The normalized spacial score (nSPS) is 11.9. The molecule has 0 bridgehead atoms. The van der Waals surface area contributed by atoms with E-state index in [4.69, 9.17) is 4.74 Å². The molecule has 30 heavy (non-hydrogen) atoms. The van der Waals surface area contributed by atoms with Crippen molar-refractivity contribution in [3.8, 4) is 17.0 Å². The first-order chi connectivity index (χ1) is 14.0. The number of amides is 1. The highest BCUT2D eigenvalue weighted by molar-refractivity contribution is 5.98. The van der Waals surface area contributed by atoms with Crippen LogP contribution in [-0.4, -0.2) is 31.8 Å². The Bertz CT molecular complexity index is 1150. The van der Waals surface area contributed by atoms with E-state index >= 15 is 0 Å². The van der Waals surface area contributed by atoms with Gasteiger partial charge in [-0.25, -0.2) is 9.67 Å². The topological polar surface area (TPSA) is 91.0 Å². The zero-order valence-corrected chi connectivity index (χ0v) is 18.6. The number of fused-ring (bicyclic) bond motifs is 1. The van der Waals surface area contributed by atoms with Gasteiger partial charge in [-0.3, -0.25) is 9.59 Å². The number of hydrogen-bond donors (Lipinski definition) is 1. The molecule has 0 saturated carbocycles. The number of rotatable bonds is 5. The van der Waals surface area contributed by atoms with Crippen molar-refractivity contribution in [3.05, 3.63) is 34.9 Å². The van der Waals surface area contributed by atoms with E-state index in [1.165, 1.54) is 11.6 Å². The van der Waals surface area contributed by atoms with Gasteiger partial charge in [0, 0.05) is 37.2 Å². The zero-order valence-electron chi connectivity index (χ0n) is 18.6. The van der Waals surface area contributed by atoms with Gasteiger partial charge in [0.2, 0.25) is 5.91 Å². The van der Waals surface area contributed by atoms with Crippen LogP contribution in [0.15, 0.2) is 29.3 Å². The molecule has 0 aromatic carbocycles. The molecule has 160 valence electrons. The minimum Gasteiger partial charge on any atom is -0.488 e. The Hall–Kier alpha value is -3.16. The van der Waals surface area contributed by atoms with Crippen molar-refractivity contribution < 1.29 is 9.53 Å². The summed E-state index contributed by atoms with van der Waals surface area (Å²) in [6, 6.07) is 3.51. The van der Waals surface area contributed by atoms with Gasteiger partial charge in [0.1, 0.15) is 5.82 Å². The van der Waals surface area contributed by atoms with E-state index < -0.39 is 5.54 Å². The third-order valence-corrected chi connectivity index (χ3v) is 4.54. The number of aryl methyl sites for hydroxylation is 1. The van der Waals surface area contributed by atoms with Gasteiger partial charge in [-0.1, -0.05) is 13.8 Å². The minimum atomic E-state index is -0.517. The van der Waals surface area contributed by atoms with Crippen LogP contribution in [0.5, 0.6) is 5.75 Å². The van der Waals surface area contributed by atoms with Gasteiger partial charge in [-0.05, 0) is 32.8 Å². The number of ether oxygens (including phenoxy) is 1. The lowest BCUT2D eigenvalue weighted by Gasteiger charge is -2.22. The van der Waals surface area contributed by atoms with Crippen molar-refractivity contribution >= 4 is 22.6 Å². The van der Waals surface area contributed by atoms with Crippen molar-refractivity contribution in [2.24, 2.45) is 13.0 Å². The third kappa shape index (κ3) is 4.37. The molecule has 0 saturated heterocycles. The molecule has 0 aliphatic heterocycles. The molecule has 1 N–H and O–H groups in total. The fourth-order valence-electron chi connectivity index (χ4n) is 3.15. The number of carbonyl (C=O) groups excluding carboxylic acids is 1. The molecule has 3 heterocycles. The van der Waals surface area contributed by atoms with E-state index in [0.29, 0.717) is 18.1 Å². The highest BCUT2D eigenvalue weighted by atomic mass is 16.5. The van der Waals surface area contributed by atoms with Crippen LogP contribution in [0, 0.1) is 5.92 Å². The SMILES string of the molecule is CC(=O)Nc1cc2c(-c3cc(OCC(C)C)c(=O)n(C(C)(C)C)n3)cn(C)c2cn1. The molecule has 3 aromatic heterocycles. The molecule has 0 unspecified atom stereocenters. The summed E-state index contributed by atoms with van der Waals surface area (Å²) >= 11 is 0. The van der Waals surface area contributed by atoms with Crippen LogP contribution in [0.4, 0.5) is 5.82 Å². The predicted molar refractivity (Wildman–Crippen MR) is 118 cm³/mol. The molecule has 3 rings (SSSR count). The number of anilines is 1. The van der Waals surface area contributed by atoms with Crippen LogP contribution in [-0.2, 0) is 17.4 Å². The van der Waals surface area contributed by atoms with Gasteiger partial charge in [0.05, 0.1) is 29.6 Å². The van der Waals surface area contributed by atoms with Crippen molar-refractivity contribution in [1.82, 2.24) is 19.3 Å². The van der Waals surface area contributed by atoms with E-state index in [-0.39, 0.29) is 23.1 Å². The van der Waals surface area contributed by atoms with Crippen LogP contribution in [0.1, 0.15) is 41.5 Å². The molecule has 0 radical (unpaired) electrons. The van der Waals surface area contributed by atoms with Crippen LogP contribution >= 0.6 is 0 Å². The molecule has 0 aliphatic carbocycles. The quantitative estimate of drug-likeness (QED) is 0.693. The number of nitrogens with zero attached hydrogens (tertiary/aromatic N) is 4. The Morgan fingerprint density at radius 3 is 2.57 bits per heavy atom. The summed E-state index contributed by atoms with van der Waals surface area (Å²) in [5, 5.41) is 8.25. The number of pyridine rings is 1. The first-order valence-corrected chi connectivity index (χ1v) is 9.98. The average Bonchev–Trinajstić information content (AvgIpc) is 2.95. The van der Waals surface area contributed by atoms with Crippen LogP contribution in [0.25, 0.3) is 22.2 Å². The molecule has 0 fully saturated rings. The molecule has 3 aromatic rings. The number of aromatic nitrogens is 4. The molecule has 8 nitrogen and oxygen atoms in total. The average molecular weight is 412 g/mol. The van der Waals surface area contributed by atoms with Gasteiger partial charge < -0.3 is 14.6 Å². The van der Waals surface area contributed by atoms with Crippen molar-refractivity contribution in [2.45, 2.75) is 47.1 Å². The summed E-state index contributed by atoms with van der Waals surface area (Å²) < 4.78 is 9.25. The summed E-state index contributed by atoms with van der Waals surface area (Å²) in [7, 11) is 1.92. The summed E-state index contributed by atoms with van der Waals surface area (Å²) in [5.74, 6) is 0.829. The van der Waals surface area contributed by atoms with Crippen molar-refractivity contribution in [2.75, 3.05) is 11.9 Å². The van der Waals surface area contributed by atoms with E-state index in [9.17, 15) is 9.59 Å². The van der Waals surface area contributed by atoms with Crippen molar-refractivity contribution in [1.29, 1.82) is 0 Å². The summed E-state index contributed by atoms with van der Waals surface area (Å²) in [5.41, 5.74) is 1.56. The molecular formula is C22H29N5O3. The van der Waals surface area contributed by atoms with E-state index in [1.807, 2.05) is 58.5 Å².